The molecule has 0 bridgehead atoms. The maximum Gasteiger partial charge on any atom is 0.249 e. The quantitative estimate of drug-likeness (QED) is 0.937. The van der Waals surface area contributed by atoms with E-state index < -0.39 is 0 Å². The molecule has 5 heteroatoms. The Kier molecular flexibility index (Phi) is 4.01. The largest absolute Gasteiger partial charge is 0.368 e. The van der Waals surface area contributed by atoms with Crippen molar-refractivity contribution in [2.45, 2.75) is 31.9 Å². The molecule has 5 nitrogen and oxygen atoms in total. The molecule has 1 saturated heterocycles. The first-order chi connectivity index (χ1) is 10.2. The first kappa shape index (κ1) is 13.8. The molecular weight excluding hydrogens is 266 g/mol. The van der Waals surface area contributed by atoms with Gasteiger partial charge in [0.2, 0.25) is 5.91 Å². The summed E-state index contributed by atoms with van der Waals surface area (Å²) in [4.78, 5) is 16.1. The summed E-state index contributed by atoms with van der Waals surface area (Å²) in [7, 11) is 0. The Morgan fingerprint density at radius 1 is 1.43 bits per heavy atom. The fourth-order valence-corrected chi connectivity index (χ4v) is 2.52. The number of benzene rings is 1. The SMILES string of the molecule is C[C@@H](NC(=O)[C@@H]1CCCO1)c1ccc(-n2ccnc2)cc1. The van der Waals surface area contributed by atoms with E-state index in [1.165, 1.54) is 0 Å². The second kappa shape index (κ2) is 6.10. The number of imidazole rings is 1. The Bertz CT molecular complexity index is 586. The first-order valence-corrected chi connectivity index (χ1v) is 7.24. The molecule has 0 unspecified atom stereocenters. The molecule has 110 valence electrons. The Hall–Kier alpha value is -2.14. The lowest BCUT2D eigenvalue weighted by Crippen LogP contribution is -2.35. The van der Waals surface area contributed by atoms with Gasteiger partial charge >= 0.3 is 0 Å². The topological polar surface area (TPSA) is 56.1 Å². The average molecular weight is 285 g/mol. The molecule has 1 N–H and O–H groups in total. The van der Waals surface area contributed by atoms with Crippen LogP contribution in [0.1, 0.15) is 31.4 Å². The highest BCUT2D eigenvalue weighted by Gasteiger charge is 2.24. The molecule has 2 heterocycles. The maximum absolute atomic E-state index is 12.0. The van der Waals surface area contributed by atoms with Crippen molar-refractivity contribution in [3.63, 3.8) is 0 Å². The minimum Gasteiger partial charge on any atom is -0.368 e. The number of carbonyl (C=O) groups excluding carboxylic acids is 1. The molecule has 3 rings (SSSR count). The molecule has 0 radical (unpaired) electrons. The number of aromatic nitrogens is 2. The van der Waals surface area contributed by atoms with Crippen LogP contribution in [0.3, 0.4) is 0 Å². The molecule has 0 spiro atoms. The predicted octanol–water partition coefficient (Wildman–Crippen LogP) is 2.23. The van der Waals surface area contributed by atoms with Gasteiger partial charge < -0.3 is 14.6 Å². The van der Waals surface area contributed by atoms with Gasteiger partial charge in [-0.1, -0.05) is 12.1 Å². The normalized spacial score (nSPS) is 19.4. The minimum absolute atomic E-state index is 0.0151. The molecule has 0 saturated carbocycles. The van der Waals surface area contributed by atoms with Crippen molar-refractivity contribution in [3.8, 4) is 5.69 Å². The third-order valence-electron chi connectivity index (χ3n) is 3.78. The van der Waals surface area contributed by atoms with Crippen LogP contribution in [0.4, 0.5) is 0 Å². The van der Waals surface area contributed by atoms with Gasteiger partial charge in [0.05, 0.1) is 12.4 Å². The van der Waals surface area contributed by atoms with Gasteiger partial charge in [-0.3, -0.25) is 4.79 Å². The van der Waals surface area contributed by atoms with E-state index in [2.05, 4.69) is 10.3 Å². The molecule has 1 amide bonds. The number of ether oxygens (including phenoxy) is 1. The van der Waals surface area contributed by atoms with Crippen LogP contribution in [-0.2, 0) is 9.53 Å². The van der Waals surface area contributed by atoms with Gasteiger partial charge in [0, 0.05) is 24.7 Å². The van der Waals surface area contributed by atoms with Gasteiger partial charge in [0.1, 0.15) is 6.10 Å². The monoisotopic (exact) mass is 285 g/mol. The fourth-order valence-electron chi connectivity index (χ4n) is 2.52. The molecule has 2 atom stereocenters. The Morgan fingerprint density at radius 3 is 2.86 bits per heavy atom. The van der Waals surface area contributed by atoms with Crippen LogP contribution in [-0.4, -0.2) is 28.2 Å². The lowest BCUT2D eigenvalue weighted by molar-refractivity contribution is -0.130. The summed E-state index contributed by atoms with van der Waals surface area (Å²) in [5.41, 5.74) is 2.12. The zero-order chi connectivity index (χ0) is 14.7. The second-order valence-corrected chi connectivity index (χ2v) is 5.29. The van der Waals surface area contributed by atoms with Gasteiger partial charge in [-0.2, -0.15) is 0 Å². The summed E-state index contributed by atoms with van der Waals surface area (Å²) in [5, 5.41) is 3.01. The van der Waals surface area contributed by atoms with Crippen LogP contribution in [0.5, 0.6) is 0 Å². The van der Waals surface area contributed by atoms with Gasteiger partial charge in [-0.05, 0) is 37.5 Å². The minimum atomic E-state index is -0.280. The molecular formula is C16H19N3O2. The zero-order valence-corrected chi connectivity index (χ0v) is 12.0. The molecule has 2 aromatic rings. The lowest BCUT2D eigenvalue weighted by Gasteiger charge is -2.17. The number of rotatable bonds is 4. The molecule has 0 aliphatic carbocycles. The van der Waals surface area contributed by atoms with Crippen molar-refractivity contribution >= 4 is 5.91 Å². The summed E-state index contributed by atoms with van der Waals surface area (Å²) in [6.07, 6.45) is 6.91. The number of hydrogen-bond acceptors (Lipinski definition) is 3. The highest BCUT2D eigenvalue weighted by Crippen LogP contribution is 2.18. The van der Waals surface area contributed by atoms with Crippen LogP contribution in [0.15, 0.2) is 43.0 Å². The first-order valence-electron chi connectivity index (χ1n) is 7.24. The maximum atomic E-state index is 12.0. The highest BCUT2D eigenvalue weighted by atomic mass is 16.5. The van der Waals surface area contributed by atoms with E-state index in [9.17, 15) is 4.79 Å². The fraction of sp³-hybridized carbons (Fsp3) is 0.375. The molecule has 1 aliphatic heterocycles. The summed E-state index contributed by atoms with van der Waals surface area (Å²) < 4.78 is 7.34. The summed E-state index contributed by atoms with van der Waals surface area (Å²) in [6, 6.07) is 8.06. The van der Waals surface area contributed by atoms with Gasteiger partial charge in [0.25, 0.3) is 0 Å². The van der Waals surface area contributed by atoms with E-state index >= 15 is 0 Å². The third kappa shape index (κ3) is 3.13. The summed E-state index contributed by atoms with van der Waals surface area (Å²) in [5.74, 6) is -0.0151. The third-order valence-corrected chi connectivity index (χ3v) is 3.78. The van der Waals surface area contributed by atoms with E-state index in [1.54, 1.807) is 12.5 Å². The van der Waals surface area contributed by atoms with Gasteiger partial charge in [-0.25, -0.2) is 4.98 Å². The predicted molar refractivity (Wildman–Crippen MR) is 79.1 cm³/mol. The van der Waals surface area contributed by atoms with Crippen LogP contribution in [0.2, 0.25) is 0 Å². The van der Waals surface area contributed by atoms with E-state index in [4.69, 9.17) is 4.74 Å². The Labute approximate surface area is 124 Å². The molecule has 1 aromatic heterocycles. The number of amides is 1. The number of nitrogens with one attached hydrogen (secondary N) is 1. The van der Waals surface area contributed by atoms with Gasteiger partial charge in [-0.15, -0.1) is 0 Å². The molecule has 1 fully saturated rings. The summed E-state index contributed by atoms with van der Waals surface area (Å²) >= 11 is 0. The van der Waals surface area contributed by atoms with E-state index in [0.29, 0.717) is 6.61 Å². The molecule has 1 aliphatic rings. The lowest BCUT2D eigenvalue weighted by atomic mass is 10.1. The van der Waals surface area contributed by atoms with E-state index in [0.717, 1.165) is 24.1 Å². The van der Waals surface area contributed by atoms with Crippen LogP contribution >= 0.6 is 0 Å². The van der Waals surface area contributed by atoms with Crippen LogP contribution < -0.4 is 5.32 Å². The number of nitrogens with zero attached hydrogens (tertiary/aromatic N) is 2. The Balaban J connectivity index is 1.64. The van der Waals surface area contributed by atoms with Crippen molar-refractivity contribution in [2.24, 2.45) is 0 Å². The van der Waals surface area contributed by atoms with Crippen LogP contribution in [0, 0.1) is 0 Å². The van der Waals surface area contributed by atoms with Crippen molar-refractivity contribution < 1.29 is 9.53 Å². The summed E-state index contributed by atoms with van der Waals surface area (Å²) in [6.45, 7) is 2.67. The van der Waals surface area contributed by atoms with Crippen LogP contribution in [0.25, 0.3) is 5.69 Å². The zero-order valence-electron chi connectivity index (χ0n) is 12.0. The molecule has 1 aromatic carbocycles. The number of hydrogen-bond donors (Lipinski definition) is 1. The van der Waals surface area contributed by atoms with Crippen molar-refractivity contribution in [2.75, 3.05) is 6.61 Å². The second-order valence-electron chi connectivity index (χ2n) is 5.29. The standard InChI is InChI=1S/C16H19N3O2/c1-12(18-16(20)15-3-2-10-21-15)13-4-6-14(7-5-13)19-9-8-17-11-19/h4-9,11-12,15H,2-3,10H2,1H3,(H,18,20)/t12-,15+/m1/s1. The Morgan fingerprint density at radius 2 is 2.24 bits per heavy atom. The van der Waals surface area contributed by atoms with Gasteiger partial charge in [0.15, 0.2) is 0 Å². The van der Waals surface area contributed by atoms with Crippen molar-refractivity contribution in [1.29, 1.82) is 0 Å². The highest BCUT2D eigenvalue weighted by molar-refractivity contribution is 5.81. The smallest absolute Gasteiger partial charge is 0.249 e. The van der Waals surface area contributed by atoms with Crippen molar-refractivity contribution in [3.05, 3.63) is 48.5 Å². The average Bonchev–Trinajstić information content (AvgIpc) is 3.20. The van der Waals surface area contributed by atoms with E-state index in [1.807, 2.05) is 42.0 Å². The molecule has 21 heavy (non-hydrogen) atoms. The van der Waals surface area contributed by atoms with Crippen molar-refractivity contribution in [1.82, 2.24) is 14.9 Å². The number of carbonyl (C=O) groups is 1. The van der Waals surface area contributed by atoms with E-state index in [-0.39, 0.29) is 18.1 Å².